The van der Waals surface area contributed by atoms with Gasteiger partial charge in [-0.2, -0.15) is 0 Å². The Morgan fingerprint density at radius 2 is 1.65 bits per heavy atom. The molecule has 0 aromatic carbocycles. The van der Waals surface area contributed by atoms with Gasteiger partial charge in [0.05, 0.1) is 0 Å². The molecular formula is C19H27NO3. The Labute approximate surface area is 138 Å². The van der Waals surface area contributed by atoms with Crippen LogP contribution in [0.15, 0.2) is 24.3 Å². The van der Waals surface area contributed by atoms with Gasteiger partial charge in [0, 0.05) is 11.6 Å². The van der Waals surface area contributed by atoms with Gasteiger partial charge < -0.3 is 10.1 Å². The Bertz CT molecular complexity index is 499. The van der Waals surface area contributed by atoms with Crippen LogP contribution in [-0.4, -0.2) is 23.5 Å². The fourth-order valence-corrected chi connectivity index (χ4v) is 5.14. The Hall–Kier alpha value is -1.58. The van der Waals surface area contributed by atoms with Crippen LogP contribution in [0.25, 0.3) is 0 Å². The molecule has 4 rings (SSSR count). The second-order valence-corrected chi connectivity index (χ2v) is 7.65. The number of carbonyl (C=O) groups excluding carboxylic acids is 2. The van der Waals surface area contributed by atoms with E-state index >= 15 is 0 Å². The summed E-state index contributed by atoms with van der Waals surface area (Å²) in [5.41, 5.74) is -0.0344. The third kappa shape index (κ3) is 3.67. The number of nitrogens with one attached hydrogen (secondary N) is 1. The zero-order valence-corrected chi connectivity index (χ0v) is 14.1. The van der Waals surface area contributed by atoms with Gasteiger partial charge in [-0.1, -0.05) is 18.2 Å². The summed E-state index contributed by atoms with van der Waals surface area (Å²) in [5, 5.41) is 3.24. The van der Waals surface area contributed by atoms with E-state index in [-0.39, 0.29) is 11.4 Å². The highest BCUT2D eigenvalue weighted by atomic mass is 16.5. The largest absolute Gasteiger partial charge is 0.449 e. The van der Waals surface area contributed by atoms with Gasteiger partial charge in [-0.3, -0.25) is 4.79 Å². The van der Waals surface area contributed by atoms with Crippen LogP contribution in [0, 0.1) is 17.8 Å². The van der Waals surface area contributed by atoms with Crippen LogP contribution in [0.2, 0.25) is 0 Å². The van der Waals surface area contributed by atoms with Gasteiger partial charge in [-0.15, -0.1) is 0 Å². The maximum absolute atomic E-state index is 12.5. The van der Waals surface area contributed by atoms with Gasteiger partial charge in [-0.25, -0.2) is 4.79 Å². The fourth-order valence-electron chi connectivity index (χ4n) is 5.14. The first-order valence-electron chi connectivity index (χ1n) is 8.82. The van der Waals surface area contributed by atoms with Crippen LogP contribution in [-0.2, 0) is 14.3 Å². The van der Waals surface area contributed by atoms with E-state index in [9.17, 15) is 9.59 Å². The van der Waals surface area contributed by atoms with E-state index in [4.69, 9.17) is 4.74 Å². The predicted molar refractivity (Wildman–Crippen MR) is 88.6 cm³/mol. The standard InChI is InChI=1S/C19H27NO3/c1-3-4-5-6-17(21)23-13(2)18(22)20-19-10-14-7-15(11-19)9-16(8-14)12-19/h3-6,13-16H,7-12H2,1-2H3,(H,20,22)/b4-3+,6-5+/t13-,14?,15?,16?,19?/m1/s1. The van der Waals surface area contributed by atoms with E-state index in [0.29, 0.717) is 0 Å². The predicted octanol–water partition coefficient (Wildman–Crippen LogP) is 3.14. The normalized spacial score (nSPS) is 36.5. The number of hydrogen-bond donors (Lipinski definition) is 1. The second-order valence-electron chi connectivity index (χ2n) is 7.65. The Kier molecular flexibility index (Phi) is 4.60. The highest BCUT2D eigenvalue weighted by Gasteiger charge is 2.51. The van der Waals surface area contributed by atoms with E-state index in [1.165, 1.54) is 25.3 Å². The SMILES string of the molecule is C/C=C/C=C/C(=O)O[C@H](C)C(=O)NC12CC3CC(CC(C3)C1)C2. The van der Waals surface area contributed by atoms with E-state index in [0.717, 1.165) is 37.0 Å². The highest BCUT2D eigenvalue weighted by molar-refractivity contribution is 5.87. The van der Waals surface area contributed by atoms with Crippen LogP contribution in [0.1, 0.15) is 52.4 Å². The third-order valence-corrected chi connectivity index (χ3v) is 5.62. The smallest absolute Gasteiger partial charge is 0.331 e. The van der Waals surface area contributed by atoms with Crippen molar-refractivity contribution >= 4 is 11.9 Å². The molecule has 23 heavy (non-hydrogen) atoms. The molecule has 0 radical (unpaired) electrons. The molecule has 0 heterocycles. The van der Waals surface area contributed by atoms with Gasteiger partial charge in [0.15, 0.2) is 6.10 Å². The van der Waals surface area contributed by atoms with Crippen molar-refractivity contribution in [3.05, 3.63) is 24.3 Å². The van der Waals surface area contributed by atoms with Crippen LogP contribution >= 0.6 is 0 Å². The number of esters is 1. The number of rotatable bonds is 5. The monoisotopic (exact) mass is 317 g/mol. The third-order valence-electron chi connectivity index (χ3n) is 5.62. The lowest BCUT2D eigenvalue weighted by molar-refractivity contribution is -0.152. The molecule has 0 saturated heterocycles. The minimum atomic E-state index is -0.745. The summed E-state index contributed by atoms with van der Waals surface area (Å²) >= 11 is 0. The zero-order chi connectivity index (χ0) is 16.4. The van der Waals surface area contributed by atoms with Crippen molar-refractivity contribution in [3.63, 3.8) is 0 Å². The summed E-state index contributed by atoms with van der Waals surface area (Å²) in [4.78, 5) is 24.1. The molecule has 0 spiro atoms. The van der Waals surface area contributed by atoms with Gasteiger partial charge in [-0.05, 0) is 70.1 Å². The topological polar surface area (TPSA) is 55.4 Å². The Morgan fingerprint density at radius 3 is 2.17 bits per heavy atom. The molecule has 4 bridgehead atoms. The molecule has 126 valence electrons. The summed E-state index contributed by atoms with van der Waals surface area (Å²) in [7, 11) is 0. The van der Waals surface area contributed by atoms with Crippen molar-refractivity contribution in [2.45, 2.75) is 64.0 Å². The molecule has 1 atom stereocenters. The molecule has 4 saturated carbocycles. The molecule has 0 aromatic heterocycles. The van der Waals surface area contributed by atoms with Gasteiger partial charge >= 0.3 is 5.97 Å². The summed E-state index contributed by atoms with van der Waals surface area (Å²) in [6.45, 7) is 3.52. The number of amides is 1. The van der Waals surface area contributed by atoms with Crippen LogP contribution in [0.3, 0.4) is 0 Å². The molecule has 4 heteroatoms. The molecule has 1 N–H and O–H groups in total. The first-order valence-corrected chi connectivity index (χ1v) is 8.82. The van der Waals surface area contributed by atoms with Crippen molar-refractivity contribution in [3.8, 4) is 0 Å². The number of allylic oxidation sites excluding steroid dienone is 3. The minimum absolute atomic E-state index is 0.0344. The molecule has 0 aromatic rings. The molecule has 4 fully saturated rings. The van der Waals surface area contributed by atoms with Gasteiger partial charge in [0.25, 0.3) is 5.91 Å². The van der Waals surface area contributed by atoms with Crippen LogP contribution in [0.4, 0.5) is 0 Å². The number of ether oxygens (including phenoxy) is 1. The van der Waals surface area contributed by atoms with E-state index < -0.39 is 12.1 Å². The van der Waals surface area contributed by atoms with Crippen molar-refractivity contribution in [2.24, 2.45) is 17.8 Å². The molecule has 1 amide bonds. The highest BCUT2D eigenvalue weighted by Crippen LogP contribution is 2.55. The average Bonchev–Trinajstić information content (AvgIpc) is 2.45. The van der Waals surface area contributed by atoms with Gasteiger partial charge in [0.2, 0.25) is 0 Å². The molecular weight excluding hydrogens is 290 g/mol. The van der Waals surface area contributed by atoms with Crippen molar-refractivity contribution < 1.29 is 14.3 Å². The van der Waals surface area contributed by atoms with Crippen molar-refractivity contribution in [1.29, 1.82) is 0 Å². The maximum Gasteiger partial charge on any atom is 0.331 e. The number of carbonyl (C=O) groups is 2. The van der Waals surface area contributed by atoms with E-state index in [2.05, 4.69) is 5.32 Å². The first kappa shape index (κ1) is 16.3. The lowest BCUT2D eigenvalue weighted by atomic mass is 9.53. The lowest BCUT2D eigenvalue weighted by Gasteiger charge is -2.57. The summed E-state index contributed by atoms with van der Waals surface area (Å²) in [6, 6.07) is 0. The van der Waals surface area contributed by atoms with Gasteiger partial charge in [0.1, 0.15) is 0 Å². The lowest BCUT2D eigenvalue weighted by Crippen LogP contribution is -2.61. The van der Waals surface area contributed by atoms with Crippen LogP contribution < -0.4 is 5.32 Å². The first-order chi connectivity index (χ1) is 11.0. The minimum Gasteiger partial charge on any atom is -0.449 e. The van der Waals surface area contributed by atoms with Crippen molar-refractivity contribution in [1.82, 2.24) is 5.32 Å². The maximum atomic E-state index is 12.5. The zero-order valence-electron chi connectivity index (χ0n) is 14.1. The molecule has 4 aliphatic rings. The Morgan fingerprint density at radius 1 is 1.09 bits per heavy atom. The van der Waals surface area contributed by atoms with E-state index in [1.54, 1.807) is 19.1 Å². The molecule has 4 nitrogen and oxygen atoms in total. The van der Waals surface area contributed by atoms with E-state index in [1.807, 2.05) is 13.0 Å². The Balaban J connectivity index is 1.55. The average molecular weight is 317 g/mol. The number of hydrogen-bond acceptors (Lipinski definition) is 3. The quantitative estimate of drug-likeness (QED) is 0.481. The molecule has 0 aliphatic heterocycles. The molecule has 4 aliphatic carbocycles. The summed E-state index contributed by atoms with van der Waals surface area (Å²) in [6.07, 6.45) is 13.1. The second kappa shape index (κ2) is 6.50. The summed E-state index contributed by atoms with van der Waals surface area (Å²) in [5.74, 6) is 1.71. The van der Waals surface area contributed by atoms with Crippen molar-refractivity contribution in [2.75, 3.05) is 0 Å². The summed E-state index contributed by atoms with van der Waals surface area (Å²) < 4.78 is 5.20. The molecule has 0 unspecified atom stereocenters. The van der Waals surface area contributed by atoms with Crippen LogP contribution in [0.5, 0.6) is 0 Å². The fraction of sp³-hybridized carbons (Fsp3) is 0.684.